The van der Waals surface area contributed by atoms with Gasteiger partial charge in [0, 0.05) is 35.1 Å². The molecule has 1 aromatic heterocycles. The van der Waals surface area contributed by atoms with E-state index >= 15 is 0 Å². The predicted molar refractivity (Wildman–Crippen MR) is 123 cm³/mol. The number of hydrogen-bond acceptors (Lipinski definition) is 5. The topological polar surface area (TPSA) is 63.1 Å². The molecule has 1 amide bonds. The summed E-state index contributed by atoms with van der Waals surface area (Å²) in [6.07, 6.45) is 4.21. The van der Waals surface area contributed by atoms with Crippen molar-refractivity contribution in [3.05, 3.63) is 72.6 Å². The third-order valence-corrected chi connectivity index (χ3v) is 7.42. The number of hydrogen-bond donors (Lipinski definition) is 1. The molecule has 3 saturated heterocycles. The molecule has 31 heavy (non-hydrogen) atoms. The van der Waals surface area contributed by atoms with Gasteiger partial charge in [0.1, 0.15) is 0 Å². The van der Waals surface area contributed by atoms with E-state index in [1.807, 2.05) is 41.1 Å². The molecular formula is C24H27N5OS. The first-order valence-corrected chi connectivity index (χ1v) is 11.9. The van der Waals surface area contributed by atoms with Crippen LogP contribution in [0.25, 0.3) is 0 Å². The van der Waals surface area contributed by atoms with Gasteiger partial charge in [0.05, 0.1) is 18.2 Å². The van der Waals surface area contributed by atoms with Gasteiger partial charge in [-0.3, -0.25) is 14.4 Å². The Bertz CT molecular complexity index is 1010. The van der Waals surface area contributed by atoms with Crippen molar-refractivity contribution in [1.29, 1.82) is 0 Å². The molecule has 6 nitrogen and oxygen atoms in total. The van der Waals surface area contributed by atoms with Crippen LogP contribution in [0.5, 0.6) is 0 Å². The van der Waals surface area contributed by atoms with Gasteiger partial charge < -0.3 is 5.32 Å². The first kappa shape index (κ1) is 20.3. The molecule has 0 aliphatic carbocycles. The summed E-state index contributed by atoms with van der Waals surface area (Å²) < 4.78 is 1.98. The van der Waals surface area contributed by atoms with Crippen molar-refractivity contribution in [2.45, 2.75) is 36.1 Å². The Morgan fingerprint density at radius 1 is 1.10 bits per heavy atom. The minimum absolute atomic E-state index is 0.0683. The molecule has 3 fully saturated rings. The van der Waals surface area contributed by atoms with Crippen molar-refractivity contribution in [2.24, 2.45) is 11.8 Å². The number of fused-ring (bicyclic) bond motifs is 3. The summed E-state index contributed by atoms with van der Waals surface area (Å²) in [4.78, 5) is 16.6. The predicted octanol–water partition coefficient (Wildman–Crippen LogP) is 3.92. The number of anilines is 1. The number of carbonyl (C=O) groups is 1. The molecule has 1 unspecified atom stereocenters. The van der Waals surface area contributed by atoms with Crippen LogP contribution in [-0.4, -0.2) is 44.9 Å². The highest BCUT2D eigenvalue weighted by Gasteiger charge is 2.43. The average Bonchev–Trinajstić information content (AvgIpc) is 3.27. The second-order valence-electron chi connectivity index (χ2n) is 8.43. The SMILES string of the molecule is O=C(Nc1ccccc1)[C@H]1CN2CC[C@H]1C[C@@H]2Cn1cc(CSc2ccccc2)nn1. The van der Waals surface area contributed by atoms with E-state index in [4.69, 9.17) is 0 Å². The molecule has 0 saturated carbocycles. The fourth-order valence-corrected chi connectivity index (χ4v) is 5.56. The lowest BCUT2D eigenvalue weighted by molar-refractivity contribution is -0.127. The molecule has 2 aromatic carbocycles. The molecular weight excluding hydrogens is 406 g/mol. The zero-order chi connectivity index (χ0) is 21.0. The minimum Gasteiger partial charge on any atom is -0.326 e. The number of rotatable bonds is 7. The van der Waals surface area contributed by atoms with Crippen LogP contribution >= 0.6 is 11.8 Å². The highest BCUT2D eigenvalue weighted by Crippen LogP contribution is 2.37. The van der Waals surface area contributed by atoms with Gasteiger partial charge >= 0.3 is 0 Å². The zero-order valence-electron chi connectivity index (χ0n) is 17.4. The Kier molecular flexibility index (Phi) is 6.04. The molecule has 6 rings (SSSR count). The van der Waals surface area contributed by atoms with Crippen molar-refractivity contribution >= 4 is 23.4 Å². The van der Waals surface area contributed by atoms with Crippen LogP contribution in [0.2, 0.25) is 0 Å². The smallest absolute Gasteiger partial charge is 0.229 e. The van der Waals surface area contributed by atoms with Crippen LogP contribution in [0.3, 0.4) is 0 Å². The average molecular weight is 434 g/mol. The summed E-state index contributed by atoms with van der Waals surface area (Å²) in [5.41, 5.74) is 1.88. The van der Waals surface area contributed by atoms with E-state index in [0.29, 0.717) is 12.0 Å². The van der Waals surface area contributed by atoms with E-state index in [1.165, 1.54) is 4.90 Å². The van der Waals surface area contributed by atoms with Crippen LogP contribution in [0.4, 0.5) is 5.69 Å². The third-order valence-electron chi connectivity index (χ3n) is 6.37. The van der Waals surface area contributed by atoms with E-state index in [0.717, 1.165) is 49.6 Å². The lowest BCUT2D eigenvalue weighted by atomic mass is 9.75. The van der Waals surface area contributed by atoms with E-state index in [1.54, 1.807) is 11.8 Å². The van der Waals surface area contributed by atoms with E-state index in [9.17, 15) is 4.79 Å². The zero-order valence-corrected chi connectivity index (χ0v) is 18.2. The van der Waals surface area contributed by atoms with Crippen molar-refractivity contribution in [2.75, 3.05) is 18.4 Å². The van der Waals surface area contributed by atoms with Gasteiger partial charge in [0.15, 0.2) is 0 Å². The van der Waals surface area contributed by atoms with E-state index in [-0.39, 0.29) is 11.8 Å². The molecule has 4 atom stereocenters. The highest BCUT2D eigenvalue weighted by molar-refractivity contribution is 7.98. The molecule has 1 N–H and O–H groups in total. The quantitative estimate of drug-likeness (QED) is 0.572. The number of thioether (sulfide) groups is 1. The van der Waals surface area contributed by atoms with Crippen molar-refractivity contribution in [1.82, 2.24) is 19.9 Å². The largest absolute Gasteiger partial charge is 0.326 e. The van der Waals surface area contributed by atoms with Crippen LogP contribution in [0.15, 0.2) is 71.8 Å². The summed E-state index contributed by atoms with van der Waals surface area (Å²) in [5.74, 6) is 1.48. The van der Waals surface area contributed by atoms with E-state index < -0.39 is 0 Å². The highest BCUT2D eigenvalue weighted by atomic mass is 32.2. The summed E-state index contributed by atoms with van der Waals surface area (Å²) >= 11 is 1.78. The fourth-order valence-electron chi connectivity index (χ4n) is 4.77. The number of carbonyl (C=O) groups excluding carboxylic acids is 1. The van der Waals surface area contributed by atoms with Crippen LogP contribution in [0.1, 0.15) is 18.5 Å². The Morgan fingerprint density at radius 2 is 1.87 bits per heavy atom. The molecule has 0 spiro atoms. The first-order chi connectivity index (χ1) is 15.2. The molecule has 160 valence electrons. The molecule has 7 heteroatoms. The Morgan fingerprint density at radius 3 is 2.61 bits per heavy atom. The van der Waals surface area contributed by atoms with Crippen molar-refractivity contribution in [3.63, 3.8) is 0 Å². The second kappa shape index (κ2) is 9.24. The number of aromatic nitrogens is 3. The number of nitrogens with one attached hydrogen (secondary N) is 1. The molecule has 3 aromatic rings. The number of amides is 1. The molecule has 4 heterocycles. The lowest BCUT2D eigenvalue weighted by Gasteiger charge is -2.49. The molecule has 3 aliphatic heterocycles. The first-order valence-electron chi connectivity index (χ1n) is 10.9. The maximum absolute atomic E-state index is 12.8. The van der Waals surface area contributed by atoms with E-state index in [2.05, 4.69) is 51.0 Å². The minimum atomic E-state index is 0.0683. The maximum Gasteiger partial charge on any atom is 0.229 e. The summed E-state index contributed by atoms with van der Waals surface area (Å²) in [6.45, 7) is 2.74. The van der Waals surface area contributed by atoms with Gasteiger partial charge in [-0.05, 0) is 49.6 Å². The molecule has 3 aliphatic rings. The normalized spacial score (nSPS) is 24.8. The number of nitrogens with zero attached hydrogens (tertiary/aromatic N) is 4. The monoisotopic (exact) mass is 433 g/mol. The molecule has 2 bridgehead atoms. The van der Waals surface area contributed by atoms with Crippen molar-refractivity contribution < 1.29 is 4.79 Å². The van der Waals surface area contributed by atoms with Gasteiger partial charge in [-0.25, -0.2) is 0 Å². The number of piperidine rings is 3. The Hall–Kier alpha value is -2.64. The van der Waals surface area contributed by atoms with Crippen LogP contribution in [-0.2, 0) is 17.1 Å². The summed E-state index contributed by atoms with van der Waals surface area (Å²) in [5, 5.41) is 11.8. The summed E-state index contributed by atoms with van der Waals surface area (Å²) in [7, 11) is 0. The third kappa shape index (κ3) is 4.83. The maximum atomic E-state index is 12.8. The number of benzene rings is 2. The van der Waals surface area contributed by atoms with Gasteiger partial charge in [-0.15, -0.1) is 16.9 Å². The van der Waals surface area contributed by atoms with Crippen LogP contribution in [0, 0.1) is 11.8 Å². The van der Waals surface area contributed by atoms with Crippen LogP contribution < -0.4 is 5.32 Å². The second-order valence-corrected chi connectivity index (χ2v) is 9.48. The van der Waals surface area contributed by atoms with Gasteiger partial charge in [0.25, 0.3) is 0 Å². The lowest BCUT2D eigenvalue weighted by Crippen LogP contribution is -2.57. The fraction of sp³-hybridized carbons (Fsp3) is 0.375. The Labute approximate surface area is 187 Å². The van der Waals surface area contributed by atoms with Crippen molar-refractivity contribution in [3.8, 4) is 0 Å². The van der Waals surface area contributed by atoms with Gasteiger partial charge in [-0.2, -0.15) is 0 Å². The standard InChI is InChI=1S/C24H27N5OS/c30-24(25-19-7-3-1-4-8-19)23-16-28-12-11-18(23)13-21(28)15-29-14-20(26-27-29)17-31-22-9-5-2-6-10-22/h1-10,14,18,21,23H,11-13,15-17H2,(H,25,30)/t18-,21+,23-/m0/s1. The van der Waals surface area contributed by atoms with Gasteiger partial charge in [0.2, 0.25) is 5.91 Å². The summed E-state index contributed by atoms with van der Waals surface area (Å²) in [6, 6.07) is 20.6. The Balaban J connectivity index is 1.15. The molecule has 0 radical (unpaired) electrons. The van der Waals surface area contributed by atoms with Gasteiger partial charge in [-0.1, -0.05) is 41.6 Å². The number of para-hydroxylation sites is 1.